The highest BCUT2D eigenvalue weighted by atomic mass is 35.5. The second-order valence-electron chi connectivity index (χ2n) is 10.0. The molecule has 33 heavy (non-hydrogen) atoms. The first-order valence-corrected chi connectivity index (χ1v) is 12.2. The fourth-order valence-corrected chi connectivity index (χ4v) is 4.63. The summed E-state index contributed by atoms with van der Waals surface area (Å²) in [6, 6.07) is 12.0. The first-order valence-electron chi connectivity index (χ1n) is 11.4. The highest BCUT2D eigenvalue weighted by Crippen LogP contribution is 2.30. The quantitative estimate of drug-likeness (QED) is 0.500. The van der Waals surface area contributed by atoms with Crippen LogP contribution in [-0.2, 0) is 11.3 Å². The van der Waals surface area contributed by atoms with Crippen LogP contribution in [0.2, 0.25) is 10.0 Å². The normalized spacial score (nSPS) is 18.6. The van der Waals surface area contributed by atoms with E-state index in [4.69, 9.17) is 28.9 Å². The van der Waals surface area contributed by atoms with Gasteiger partial charge >= 0.3 is 0 Å². The molecule has 0 aromatic heterocycles. The van der Waals surface area contributed by atoms with Crippen molar-refractivity contribution in [2.75, 3.05) is 5.32 Å². The van der Waals surface area contributed by atoms with Gasteiger partial charge in [0, 0.05) is 46.3 Å². The molecule has 0 spiro atoms. The summed E-state index contributed by atoms with van der Waals surface area (Å²) in [5.74, 6) is -0.185. The van der Waals surface area contributed by atoms with Crippen LogP contribution in [0.5, 0.6) is 0 Å². The van der Waals surface area contributed by atoms with Crippen LogP contribution in [0.3, 0.4) is 0 Å². The Morgan fingerprint density at radius 2 is 1.82 bits per heavy atom. The number of amides is 2. The Hall–Kier alpha value is -2.08. The van der Waals surface area contributed by atoms with Crippen LogP contribution < -0.4 is 11.1 Å². The monoisotopic (exact) mass is 489 g/mol. The van der Waals surface area contributed by atoms with E-state index in [2.05, 4.69) is 26.1 Å². The van der Waals surface area contributed by atoms with Gasteiger partial charge in [0.25, 0.3) is 5.91 Å². The third kappa shape index (κ3) is 7.20. The first kappa shape index (κ1) is 25.5. The van der Waals surface area contributed by atoms with Crippen molar-refractivity contribution in [3.63, 3.8) is 0 Å². The number of benzene rings is 2. The molecule has 2 aromatic carbocycles. The molecule has 178 valence electrons. The second kappa shape index (κ2) is 10.9. The summed E-state index contributed by atoms with van der Waals surface area (Å²) in [6.45, 7) is 6.53. The Labute approximate surface area is 206 Å². The Balaban J connectivity index is 1.84. The van der Waals surface area contributed by atoms with Gasteiger partial charge in [-0.25, -0.2) is 0 Å². The molecule has 0 bridgehead atoms. The number of rotatable bonds is 6. The van der Waals surface area contributed by atoms with E-state index < -0.39 is 0 Å². The molecule has 1 fully saturated rings. The molecule has 0 radical (unpaired) electrons. The maximum Gasteiger partial charge on any atom is 0.255 e. The van der Waals surface area contributed by atoms with E-state index in [9.17, 15) is 9.59 Å². The molecule has 5 nitrogen and oxygen atoms in total. The maximum absolute atomic E-state index is 13.3. The van der Waals surface area contributed by atoms with Crippen molar-refractivity contribution in [3.05, 3.63) is 63.6 Å². The number of anilines is 1. The Kier molecular flexibility index (Phi) is 8.43. The lowest BCUT2D eigenvalue weighted by molar-refractivity contribution is -0.137. The average Bonchev–Trinajstić information content (AvgIpc) is 2.73. The third-order valence-electron chi connectivity index (χ3n) is 5.91. The lowest BCUT2D eigenvalue weighted by Gasteiger charge is -2.39. The zero-order valence-corrected chi connectivity index (χ0v) is 21.0. The van der Waals surface area contributed by atoms with Crippen LogP contribution in [0.1, 0.15) is 68.8 Å². The van der Waals surface area contributed by atoms with Gasteiger partial charge in [-0.15, -0.1) is 0 Å². The van der Waals surface area contributed by atoms with E-state index in [-0.39, 0.29) is 29.3 Å². The topological polar surface area (TPSA) is 75.4 Å². The molecule has 1 aliphatic rings. The molecular weight excluding hydrogens is 457 g/mol. The predicted octanol–water partition coefficient (Wildman–Crippen LogP) is 6.28. The van der Waals surface area contributed by atoms with Crippen molar-refractivity contribution >= 4 is 40.7 Å². The summed E-state index contributed by atoms with van der Waals surface area (Å²) in [7, 11) is 0. The Bertz CT molecular complexity index is 1000. The summed E-state index contributed by atoms with van der Waals surface area (Å²) in [4.78, 5) is 27.9. The number of nitrogens with one attached hydrogen (secondary N) is 1. The highest BCUT2D eigenvalue weighted by molar-refractivity contribution is 6.31. The van der Waals surface area contributed by atoms with Gasteiger partial charge < -0.3 is 16.0 Å². The number of halogens is 2. The molecule has 3 N–H and O–H groups in total. The van der Waals surface area contributed by atoms with Gasteiger partial charge in [0.05, 0.1) is 0 Å². The van der Waals surface area contributed by atoms with Crippen molar-refractivity contribution in [2.24, 2.45) is 11.1 Å². The number of nitrogens with two attached hydrogens (primary N) is 1. The first-order chi connectivity index (χ1) is 15.5. The SMILES string of the molecule is CC(C)(C)CC(=O)N(Cc1cc(NC(=O)c2cccc(Cl)c2)ccc1Cl)C1CCCCC1N. The predicted molar refractivity (Wildman–Crippen MR) is 136 cm³/mol. The molecule has 3 rings (SSSR count). The largest absolute Gasteiger partial charge is 0.334 e. The molecular formula is C26H33Cl2N3O2. The fraction of sp³-hybridized carbons (Fsp3) is 0.462. The standard InChI is InChI=1S/C26H33Cl2N3O2/c1-26(2,3)15-24(32)31(23-10-5-4-9-22(23)29)16-18-14-20(11-12-21(18)28)30-25(33)17-7-6-8-19(27)13-17/h6-8,11-14,22-23H,4-5,9-10,15-16,29H2,1-3H3,(H,30,33). The van der Waals surface area contributed by atoms with E-state index in [1.54, 1.807) is 36.4 Å². The molecule has 7 heteroatoms. The van der Waals surface area contributed by atoms with Gasteiger partial charge in [-0.05, 0) is 60.2 Å². The minimum atomic E-state index is -0.263. The number of hydrogen-bond acceptors (Lipinski definition) is 3. The Morgan fingerprint density at radius 1 is 1.09 bits per heavy atom. The number of carbonyl (C=O) groups is 2. The van der Waals surface area contributed by atoms with Gasteiger partial charge in [-0.2, -0.15) is 0 Å². The van der Waals surface area contributed by atoms with Gasteiger partial charge in [0.1, 0.15) is 0 Å². The van der Waals surface area contributed by atoms with Crippen LogP contribution >= 0.6 is 23.2 Å². The third-order valence-corrected chi connectivity index (χ3v) is 6.52. The molecule has 2 aromatic rings. The summed E-state index contributed by atoms with van der Waals surface area (Å²) >= 11 is 12.5. The molecule has 0 heterocycles. The van der Waals surface area contributed by atoms with Gasteiger partial charge in [-0.1, -0.05) is 62.9 Å². The molecule has 1 aliphatic carbocycles. The Morgan fingerprint density at radius 3 is 2.48 bits per heavy atom. The van der Waals surface area contributed by atoms with E-state index in [1.807, 2.05) is 11.0 Å². The van der Waals surface area contributed by atoms with Gasteiger partial charge in [0.15, 0.2) is 0 Å². The summed E-state index contributed by atoms with van der Waals surface area (Å²) in [5.41, 5.74) is 8.17. The fourth-order valence-electron chi connectivity index (χ4n) is 4.26. The van der Waals surface area contributed by atoms with Crippen LogP contribution in [0, 0.1) is 5.41 Å². The van der Waals surface area contributed by atoms with Crippen molar-refractivity contribution in [1.29, 1.82) is 0 Å². The van der Waals surface area contributed by atoms with E-state index in [0.29, 0.717) is 34.3 Å². The van der Waals surface area contributed by atoms with Crippen LogP contribution in [0.25, 0.3) is 0 Å². The minimum absolute atomic E-state index is 0.0191. The van der Waals surface area contributed by atoms with Gasteiger partial charge in [-0.3, -0.25) is 9.59 Å². The summed E-state index contributed by atoms with van der Waals surface area (Å²) in [6.07, 6.45) is 4.37. The van der Waals surface area contributed by atoms with Crippen LogP contribution in [0.15, 0.2) is 42.5 Å². The molecule has 2 atom stereocenters. The zero-order chi connectivity index (χ0) is 24.2. The minimum Gasteiger partial charge on any atom is -0.334 e. The van der Waals surface area contributed by atoms with Crippen molar-refractivity contribution < 1.29 is 9.59 Å². The highest BCUT2D eigenvalue weighted by Gasteiger charge is 2.33. The number of carbonyl (C=O) groups excluding carboxylic acids is 2. The smallest absolute Gasteiger partial charge is 0.255 e. The molecule has 1 saturated carbocycles. The molecule has 2 amide bonds. The lowest BCUT2D eigenvalue weighted by atomic mass is 9.87. The summed E-state index contributed by atoms with van der Waals surface area (Å²) < 4.78 is 0. The van der Waals surface area contributed by atoms with Crippen LogP contribution in [0.4, 0.5) is 5.69 Å². The summed E-state index contributed by atoms with van der Waals surface area (Å²) in [5, 5.41) is 3.94. The zero-order valence-electron chi connectivity index (χ0n) is 19.5. The van der Waals surface area contributed by atoms with E-state index >= 15 is 0 Å². The van der Waals surface area contributed by atoms with Crippen LogP contribution in [-0.4, -0.2) is 28.8 Å². The van der Waals surface area contributed by atoms with Crippen molar-refractivity contribution in [3.8, 4) is 0 Å². The van der Waals surface area contributed by atoms with E-state index in [0.717, 1.165) is 31.2 Å². The molecule has 0 saturated heterocycles. The van der Waals surface area contributed by atoms with E-state index in [1.165, 1.54) is 0 Å². The number of nitrogens with zero attached hydrogens (tertiary/aromatic N) is 1. The molecule has 2 unspecified atom stereocenters. The number of hydrogen-bond donors (Lipinski definition) is 2. The van der Waals surface area contributed by atoms with Crippen molar-refractivity contribution in [1.82, 2.24) is 4.90 Å². The average molecular weight is 490 g/mol. The maximum atomic E-state index is 13.3. The van der Waals surface area contributed by atoms with Crippen molar-refractivity contribution in [2.45, 2.75) is 71.5 Å². The second-order valence-corrected chi connectivity index (χ2v) is 10.9. The lowest BCUT2D eigenvalue weighted by Crippen LogP contribution is -2.52. The molecule has 0 aliphatic heterocycles. The van der Waals surface area contributed by atoms with Gasteiger partial charge in [0.2, 0.25) is 5.91 Å².